The molecule has 1 aliphatic rings. The monoisotopic (exact) mass is 411 g/mol. The summed E-state index contributed by atoms with van der Waals surface area (Å²) in [5, 5.41) is 3.82. The van der Waals surface area contributed by atoms with Crippen molar-refractivity contribution < 1.29 is 4.79 Å². The van der Waals surface area contributed by atoms with Crippen LogP contribution < -0.4 is 0 Å². The third kappa shape index (κ3) is 4.61. The van der Waals surface area contributed by atoms with E-state index in [0.29, 0.717) is 23.7 Å². The Labute approximate surface area is 174 Å². The number of aromatic nitrogens is 1. The molecule has 0 radical (unpaired) electrons. The van der Waals surface area contributed by atoms with Crippen molar-refractivity contribution in [2.75, 3.05) is 26.2 Å². The van der Waals surface area contributed by atoms with Gasteiger partial charge in [-0.2, -0.15) is 0 Å². The highest BCUT2D eigenvalue weighted by atomic mass is 35.5. The lowest BCUT2D eigenvalue weighted by atomic mass is 10.1. The fraction of sp³-hybridized carbons (Fsp3) is 0.273. The van der Waals surface area contributed by atoms with E-state index >= 15 is 0 Å². The van der Waals surface area contributed by atoms with E-state index in [4.69, 9.17) is 16.6 Å². The zero-order valence-electron chi connectivity index (χ0n) is 15.6. The third-order valence-electron chi connectivity index (χ3n) is 4.95. The van der Waals surface area contributed by atoms with Gasteiger partial charge in [-0.15, -0.1) is 11.3 Å². The van der Waals surface area contributed by atoms with Crippen LogP contribution in [0.15, 0.2) is 60.0 Å². The summed E-state index contributed by atoms with van der Waals surface area (Å²) in [6.07, 6.45) is 0.881. The number of thiazole rings is 1. The Kier molecular flexibility index (Phi) is 6.05. The van der Waals surface area contributed by atoms with E-state index in [1.165, 1.54) is 5.56 Å². The Morgan fingerprint density at radius 1 is 1.00 bits per heavy atom. The molecule has 4 nitrogen and oxygen atoms in total. The van der Waals surface area contributed by atoms with Gasteiger partial charge < -0.3 is 4.90 Å². The number of hydrogen-bond acceptors (Lipinski definition) is 4. The molecule has 4 rings (SSSR count). The van der Waals surface area contributed by atoms with Gasteiger partial charge in [0, 0.05) is 44.5 Å². The van der Waals surface area contributed by atoms with Crippen LogP contribution in [0.2, 0.25) is 5.02 Å². The fourth-order valence-corrected chi connectivity index (χ4v) is 4.45. The van der Waals surface area contributed by atoms with Crippen LogP contribution in [-0.4, -0.2) is 46.9 Å². The number of rotatable bonds is 5. The van der Waals surface area contributed by atoms with Crippen molar-refractivity contribution >= 4 is 28.8 Å². The lowest BCUT2D eigenvalue weighted by Gasteiger charge is -2.34. The molecule has 1 aliphatic heterocycles. The van der Waals surface area contributed by atoms with Crippen molar-refractivity contribution in [3.8, 4) is 0 Å². The zero-order chi connectivity index (χ0) is 19.3. The molecule has 0 N–H and O–H groups in total. The minimum Gasteiger partial charge on any atom is -0.336 e. The number of benzene rings is 2. The Morgan fingerprint density at radius 2 is 1.71 bits per heavy atom. The van der Waals surface area contributed by atoms with Crippen molar-refractivity contribution in [2.24, 2.45) is 0 Å². The molecule has 1 fully saturated rings. The Balaban J connectivity index is 1.30. The van der Waals surface area contributed by atoms with Crippen LogP contribution in [0.1, 0.15) is 26.6 Å². The first kappa shape index (κ1) is 19.1. The largest absolute Gasteiger partial charge is 0.336 e. The Morgan fingerprint density at radius 3 is 2.46 bits per heavy atom. The molecule has 144 valence electrons. The highest BCUT2D eigenvalue weighted by Gasteiger charge is 2.23. The van der Waals surface area contributed by atoms with Gasteiger partial charge >= 0.3 is 0 Å². The van der Waals surface area contributed by atoms with E-state index in [9.17, 15) is 4.79 Å². The minimum atomic E-state index is 0.0176. The molecule has 0 aliphatic carbocycles. The quantitative estimate of drug-likeness (QED) is 0.626. The lowest BCUT2D eigenvalue weighted by molar-refractivity contribution is 0.0627. The second-order valence-electron chi connectivity index (χ2n) is 6.94. The average Bonchev–Trinajstić information content (AvgIpc) is 3.16. The van der Waals surface area contributed by atoms with Crippen LogP contribution in [0.25, 0.3) is 0 Å². The van der Waals surface area contributed by atoms with Crippen molar-refractivity contribution in [3.63, 3.8) is 0 Å². The number of piperazine rings is 1. The second-order valence-corrected chi connectivity index (χ2v) is 8.29. The van der Waals surface area contributed by atoms with Gasteiger partial charge in [-0.05, 0) is 17.7 Å². The van der Waals surface area contributed by atoms with Gasteiger partial charge in [0.15, 0.2) is 0 Å². The van der Waals surface area contributed by atoms with Crippen LogP contribution in [-0.2, 0) is 13.0 Å². The summed E-state index contributed by atoms with van der Waals surface area (Å²) >= 11 is 7.89. The molecule has 0 spiro atoms. The minimum absolute atomic E-state index is 0.0176. The zero-order valence-corrected chi connectivity index (χ0v) is 17.1. The predicted molar refractivity (Wildman–Crippen MR) is 114 cm³/mol. The first-order valence-corrected chi connectivity index (χ1v) is 10.7. The molecule has 0 saturated carbocycles. The maximum atomic E-state index is 12.7. The highest BCUT2D eigenvalue weighted by Crippen LogP contribution is 2.20. The smallest absolute Gasteiger partial charge is 0.255 e. The molecule has 2 heterocycles. The summed E-state index contributed by atoms with van der Waals surface area (Å²) < 4.78 is 0. The third-order valence-corrected chi connectivity index (χ3v) is 6.17. The maximum absolute atomic E-state index is 12.7. The highest BCUT2D eigenvalue weighted by molar-refractivity contribution is 7.09. The van der Waals surface area contributed by atoms with Crippen LogP contribution in [0.5, 0.6) is 0 Å². The molecule has 28 heavy (non-hydrogen) atoms. The van der Waals surface area contributed by atoms with Crippen molar-refractivity contribution in [1.82, 2.24) is 14.8 Å². The van der Waals surface area contributed by atoms with E-state index in [0.717, 1.165) is 36.8 Å². The lowest BCUT2D eigenvalue weighted by Crippen LogP contribution is -2.48. The molecule has 1 aromatic heterocycles. The van der Waals surface area contributed by atoms with Crippen LogP contribution in [0.3, 0.4) is 0 Å². The summed E-state index contributed by atoms with van der Waals surface area (Å²) in [5.41, 5.74) is 2.99. The van der Waals surface area contributed by atoms with Gasteiger partial charge in [-0.3, -0.25) is 9.69 Å². The number of hydrogen-bond donors (Lipinski definition) is 0. The Hall–Kier alpha value is -2.21. The Bertz CT molecular complexity index is 936. The second kappa shape index (κ2) is 8.86. The fourth-order valence-electron chi connectivity index (χ4n) is 3.42. The SMILES string of the molecule is O=C(c1ccccc1Cl)N1CCN(Cc2csc(Cc3ccccc3)n2)CC1. The van der Waals surface area contributed by atoms with E-state index in [-0.39, 0.29) is 5.91 Å². The van der Waals surface area contributed by atoms with E-state index in [2.05, 4.69) is 34.5 Å². The number of carbonyl (C=O) groups is 1. The van der Waals surface area contributed by atoms with Gasteiger partial charge in [0.2, 0.25) is 0 Å². The van der Waals surface area contributed by atoms with Gasteiger partial charge in [0.05, 0.1) is 21.3 Å². The first-order chi connectivity index (χ1) is 13.7. The van der Waals surface area contributed by atoms with Crippen molar-refractivity contribution in [1.29, 1.82) is 0 Å². The summed E-state index contributed by atoms with van der Waals surface area (Å²) in [6.45, 7) is 3.96. The van der Waals surface area contributed by atoms with Gasteiger partial charge in [-0.1, -0.05) is 54.1 Å². The summed E-state index contributed by atoms with van der Waals surface area (Å²) in [7, 11) is 0. The van der Waals surface area contributed by atoms with E-state index in [1.807, 2.05) is 23.1 Å². The topological polar surface area (TPSA) is 36.4 Å². The molecule has 6 heteroatoms. The molecule has 1 amide bonds. The molecule has 0 bridgehead atoms. The summed E-state index contributed by atoms with van der Waals surface area (Å²) in [5.74, 6) is 0.0176. The van der Waals surface area contributed by atoms with Gasteiger partial charge in [0.25, 0.3) is 5.91 Å². The maximum Gasteiger partial charge on any atom is 0.255 e. The van der Waals surface area contributed by atoms with Crippen LogP contribution in [0, 0.1) is 0 Å². The van der Waals surface area contributed by atoms with Crippen molar-refractivity contribution in [3.05, 3.63) is 86.8 Å². The van der Waals surface area contributed by atoms with Crippen LogP contribution in [0.4, 0.5) is 0 Å². The molecular formula is C22H22ClN3OS. The predicted octanol–water partition coefficient (Wildman–Crippen LogP) is 4.35. The summed E-state index contributed by atoms with van der Waals surface area (Å²) in [6, 6.07) is 17.7. The van der Waals surface area contributed by atoms with Gasteiger partial charge in [-0.25, -0.2) is 4.98 Å². The molecule has 2 aromatic carbocycles. The molecule has 0 atom stereocenters. The normalized spacial score (nSPS) is 15.0. The number of carbonyl (C=O) groups excluding carboxylic acids is 1. The molecule has 3 aromatic rings. The number of nitrogens with zero attached hydrogens (tertiary/aromatic N) is 3. The summed E-state index contributed by atoms with van der Waals surface area (Å²) in [4.78, 5) is 21.7. The first-order valence-electron chi connectivity index (χ1n) is 9.42. The average molecular weight is 412 g/mol. The molecule has 1 saturated heterocycles. The standard InChI is InChI=1S/C22H22ClN3OS/c23-20-9-5-4-8-19(20)22(27)26-12-10-25(11-13-26)15-18-16-28-21(24-18)14-17-6-2-1-3-7-17/h1-9,16H,10-15H2. The van der Waals surface area contributed by atoms with Crippen LogP contribution >= 0.6 is 22.9 Å². The number of halogens is 1. The van der Waals surface area contributed by atoms with Gasteiger partial charge in [0.1, 0.15) is 0 Å². The van der Waals surface area contributed by atoms with E-state index < -0.39 is 0 Å². The van der Waals surface area contributed by atoms with Crippen molar-refractivity contribution in [2.45, 2.75) is 13.0 Å². The number of amides is 1. The van der Waals surface area contributed by atoms with E-state index in [1.54, 1.807) is 23.5 Å². The molecular weight excluding hydrogens is 390 g/mol. The molecule has 0 unspecified atom stereocenters.